The van der Waals surface area contributed by atoms with Gasteiger partial charge in [-0.05, 0) is 41.8 Å². The largest absolute Gasteiger partial charge is 0.493 e. The molecule has 3 aromatic carbocycles. The van der Waals surface area contributed by atoms with Crippen molar-refractivity contribution in [3.63, 3.8) is 0 Å². The molecule has 0 radical (unpaired) electrons. The van der Waals surface area contributed by atoms with Crippen LogP contribution in [0, 0.1) is 0 Å². The molecule has 0 aliphatic heterocycles. The Labute approximate surface area is 221 Å². The summed E-state index contributed by atoms with van der Waals surface area (Å²) in [4.78, 5) is 36.2. The molecule has 38 heavy (non-hydrogen) atoms. The van der Waals surface area contributed by atoms with Gasteiger partial charge in [0.15, 0.2) is 23.0 Å². The number of nitrogens with one attached hydrogen (secondary N) is 1. The molecular formula is C29H31NO8. The summed E-state index contributed by atoms with van der Waals surface area (Å²) in [5.74, 6) is -0.0956. The molecule has 1 amide bonds. The van der Waals surface area contributed by atoms with E-state index in [-0.39, 0.29) is 12.3 Å². The number of amides is 1. The Morgan fingerprint density at radius 3 is 2.13 bits per heavy atom. The molecule has 0 aliphatic rings. The summed E-state index contributed by atoms with van der Waals surface area (Å²) in [6.45, 7) is 3.15. The van der Waals surface area contributed by atoms with Gasteiger partial charge < -0.3 is 29.0 Å². The topological polar surface area (TPSA) is 109 Å². The highest BCUT2D eigenvalue weighted by Gasteiger charge is 2.25. The number of carbonyl (C=O) groups excluding carboxylic acids is 3. The van der Waals surface area contributed by atoms with Gasteiger partial charge in [0.2, 0.25) is 6.10 Å². The van der Waals surface area contributed by atoms with E-state index in [0.717, 1.165) is 11.1 Å². The summed E-state index contributed by atoms with van der Waals surface area (Å²) in [5, 5.41) is 2.80. The lowest BCUT2D eigenvalue weighted by atomic mass is 10.1. The maximum atomic E-state index is 13.0. The van der Waals surface area contributed by atoms with Gasteiger partial charge in [0.05, 0.1) is 14.2 Å². The van der Waals surface area contributed by atoms with Gasteiger partial charge in [-0.1, -0.05) is 42.5 Å². The maximum absolute atomic E-state index is 13.0. The minimum atomic E-state index is -1.24. The Bertz CT molecular complexity index is 1260. The quantitative estimate of drug-likeness (QED) is 0.279. The molecular weight excluding hydrogens is 490 g/mol. The third-order valence-electron chi connectivity index (χ3n) is 5.44. The van der Waals surface area contributed by atoms with Crippen molar-refractivity contribution < 1.29 is 38.1 Å². The van der Waals surface area contributed by atoms with Crippen LogP contribution in [0.1, 0.15) is 36.6 Å². The first-order chi connectivity index (χ1) is 18.3. The molecule has 0 aliphatic carbocycles. The van der Waals surface area contributed by atoms with Gasteiger partial charge >= 0.3 is 11.9 Å². The maximum Gasteiger partial charge on any atom is 0.308 e. The highest BCUT2D eigenvalue weighted by molar-refractivity contribution is 5.85. The zero-order valence-electron chi connectivity index (χ0n) is 21.8. The van der Waals surface area contributed by atoms with Gasteiger partial charge in [-0.3, -0.25) is 14.4 Å². The Balaban J connectivity index is 1.65. The zero-order valence-corrected chi connectivity index (χ0v) is 21.8. The Hall–Kier alpha value is -4.53. The fraction of sp³-hybridized carbons (Fsp3) is 0.276. The average Bonchev–Trinajstić information content (AvgIpc) is 2.91. The normalized spacial score (nSPS) is 11.2. The molecule has 0 spiro atoms. The van der Waals surface area contributed by atoms with E-state index in [0.29, 0.717) is 35.8 Å². The monoisotopic (exact) mass is 521 g/mol. The molecule has 3 rings (SSSR count). The van der Waals surface area contributed by atoms with E-state index in [9.17, 15) is 14.4 Å². The van der Waals surface area contributed by atoms with E-state index in [4.69, 9.17) is 23.7 Å². The van der Waals surface area contributed by atoms with Crippen LogP contribution in [0.5, 0.6) is 23.0 Å². The fourth-order valence-corrected chi connectivity index (χ4v) is 3.67. The molecule has 9 nitrogen and oxygen atoms in total. The number of rotatable bonds is 12. The standard InChI is InChI=1S/C29H31NO8/c1-19(31)37-27-17-23(11-13-24(27)34-3)28(38-20(2)32)29(33)30-15-14-21-10-12-25(26(16-21)35-4)36-18-22-8-6-5-7-9-22/h5-13,16-17,28H,14-15,18H2,1-4H3,(H,30,33)/t28-/m1/s1. The summed E-state index contributed by atoms with van der Waals surface area (Å²) < 4.78 is 27.0. The minimum absolute atomic E-state index is 0.115. The van der Waals surface area contributed by atoms with Crippen molar-refractivity contribution >= 4 is 17.8 Å². The minimum Gasteiger partial charge on any atom is -0.493 e. The van der Waals surface area contributed by atoms with Crippen molar-refractivity contribution in [3.05, 3.63) is 83.4 Å². The van der Waals surface area contributed by atoms with Crippen LogP contribution in [0.2, 0.25) is 0 Å². The van der Waals surface area contributed by atoms with Crippen LogP contribution in [0.25, 0.3) is 0 Å². The SMILES string of the molecule is COc1cc(CCNC(=O)[C@H](OC(C)=O)c2ccc(OC)c(OC(C)=O)c2)ccc1OCc1ccccc1. The first-order valence-corrected chi connectivity index (χ1v) is 12.0. The van der Waals surface area contributed by atoms with Crippen LogP contribution < -0.4 is 24.3 Å². The highest BCUT2D eigenvalue weighted by Crippen LogP contribution is 2.32. The van der Waals surface area contributed by atoms with Crippen molar-refractivity contribution in [2.75, 3.05) is 20.8 Å². The smallest absolute Gasteiger partial charge is 0.308 e. The second-order valence-electron chi connectivity index (χ2n) is 8.29. The summed E-state index contributed by atoms with van der Waals surface area (Å²) in [5.41, 5.74) is 2.29. The molecule has 0 saturated heterocycles. The van der Waals surface area contributed by atoms with E-state index >= 15 is 0 Å². The predicted molar refractivity (Wildman–Crippen MR) is 139 cm³/mol. The molecule has 9 heteroatoms. The van der Waals surface area contributed by atoms with E-state index < -0.39 is 23.9 Å². The molecule has 0 unspecified atom stereocenters. The molecule has 0 aromatic heterocycles. The van der Waals surface area contributed by atoms with Crippen LogP contribution in [-0.2, 0) is 32.1 Å². The molecule has 0 saturated carbocycles. The summed E-state index contributed by atoms with van der Waals surface area (Å²) >= 11 is 0. The second kappa shape index (κ2) is 13.7. The Kier molecular flexibility index (Phi) is 10.1. The number of hydrogen-bond acceptors (Lipinski definition) is 8. The predicted octanol–water partition coefficient (Wildman–Crippen LogP) is 4.17. The molecule has 3 aromatic rings. The van der Waals surface area contributed by atoms with Crippen LogP contribution >= 0.6 is 0 Å². The lowest BCUT2D eigenvalue weighted by Gasteiger charge is -2.19. The van der Waals surface area contributed by atoms with Gasteiger partial charge in [0.25, 0.3) is 5.91 Å². The van der Waals surface area contributed by atoms with E-state index in [1.807, 2.05) is 48.5 Å². The van der Waals surface area contributed by atoms with Crippen molar-refractivity contribution in [3.8, 4) is 23.0 Å². The average molecular weight is 522 g/mol. The molecule has 0 fully saturated rings. The molecule has 1 atom stereocenters. The summed E-state index contributed by atoms with van der Waals surface area (Å²) in [6, 6.07) is 19.9. The Morgan fingerprint density at radius 2 is 1.47 bits per heavy atom. The third kappa shape index (κ3) is 7.99. The number of ether oxygens (including phenoxy) is 5. The first-order valence-electron chi connectivity index (χ1n) is 12.0. The molecule has 0 bridgehead atoms. The number of methoxy groups -OCH3 is 2. The van der Waals surface area contributed by atoms with Crippen molar-refractivity contribution in [2.24, 2.45) is 0 Å². The van der Waals surface area contributed by atoms with Crippen LogP contribution in [0.3, 0.4) is 0 Å². The van der Waals surface area contributed by atoms with Crippen molar-refractivity contribution in [1.82, 2.24) is 5.32 Å². The Morgan fingerprint density at radius 1 is 0.763 bits per heavy atom. The van der Waals surface area contributed by atoms with Crippen LogP contribution in [0.4, 0.5) is 0 Å². The van der Waals surface area contributed by atoms with Gasteiger partial charge in [0.1, 0.15) is 6.61 Å². The lowest BCUT2D eigenvalue weighted by Crippen LogP contribution is -2.33. The van der Waals surface area contributed by atoms with Crippen molar-refractivity contribution in [1.29, 1.82) is 0 Å². The first kappa shape index (κ1) is 28.0. The molecule has 0 heterocycles. The second-order valence-corrected chi connectivity index (χ2v) is 8.29. The van der Waals surface area contributed by atoms with Gasteiger partial charge in [-0.25, -0.2) is 0 Å². The fourth-order valence-electron chi connectivity index (χ4n) is 3.67. The molecule has 1 N–H and O–H groups in total. The highest BCUT2D eigenvalue weighted by atomic mass is 16.6. The van der Waals surface area contributed by atoms with Crippen LogP contribution in [0.15, 0.2) is 66.7 Å². The number of benzene rings is 3. The van der Waals surface area contributed by atoms with E-state index in [2.05, 4.69) is 5.32 Å². The van der Waals surface area contributed by atoms with Crippen LogP contribution in [-0.4, -0.2) is 38.6 Å². The summed E-state index contributed by atoms with van der Waals surface area (Å²) in [7, 11) is 2.99. The van der Waals surface area contributed by atoms with Gasteiger partial charge in [0, 0.05) is 26.0 Å². The molecule has 200 valence electrons. The number of carbonyl (C=O) groups is 3. The summed E-state index contributed by atoms with van der Waals surface area (Å²) in [6.07, 6.45) is -0.745. The van der Waals surface area contributed by atoms with Crippen molar-refractivity contribution in [2.45, 2.75) is 33.0 Å². The van der Waals surface area contributed by atoms with Gasteiger partial charge in [-0.2, -0.15) is 0 Å². The zero-order chi connectivity index (χ0) is 27.5. The number of hydrogen-bond donors (Lipinski definition) is 1. The van der Waals surface area contributed by atoms with E-state index in [1.54, 1.807) is 13.2 Å². The third-order valence-corrected chi connectivity index (χ3v) is 5.44. The van der Waals surface area contributed by atoms with Gasteiger partial charge in [-0.15, -0.1) is 0 Å². The lowest BCUT2D eigenvalue weighted by molar-refractivity contribution is -0.154. The number of esters is 2. The van der Waals surface area contributed by atoms with E-state index in [1.165, 1.54) is 33.1 Å².